The van der Waals surface area contributed by atoms with Crippen LogP contribution in [-0.4, -0.2) is 19.9 Å². The van der Waals surface area contributed by atoms with Crippen molar-refractivity contribution in [2.24, 2.45) is 0 Å². The molecular weight excluding hydrogens is 294 g/mol. The zero-order valence-electron chi connectivity index (χ0n) is 10.6. The van der Waals surface area contributed by atoms with Gasteiger partial charge in [-0.2, -0.15) is 0 Å². The van der Waals surface area contributed by atoms with Gasteiger partial charge in [-0.25, -0.2) is 9.67 Å². The molecule has 5 heteroatoms. The summed E-state index contributed by atoms with van der Waals surface area (Å²) in [7, 11) is 0. The van der Waals surface area contributed by atoms with Crippen LogP contribution >= 0.6 is 15.9 Å². The molecule has 96 valence electrons. The highest BCUT2D eigenvalue weighted by Crippen LogP contribution is 2.24. The zero-order chi connectivity index (χ0) is 13.3. The molecular formula is C13H16BrN3O. The van der Waals surface area contributed by atoms with E-state index in [0.717, 1.165) is 11.1 Å². The van der Waals surface area contributed by atoms with Crippen molar-refractivity contribution >= 4 is 15.9 Å². The van der Waals surface area contributed by atoms with Crippen molar-refractivity contribution in [3.05, 3.63) is 46.0 Å². The molecule has 0 aliphatic rings. The maximum Gasteiger partial charge on any atom is 0.217 e. The van der Waals surface area contributed by atoms with E-state index in [0.29, 0.717) is 10.6 Å². The minimum atomic E-state index is -0.758. The quantitative estimate of drug-likeness (QED) is 0.948. The first-order chi connectivity index (χ1) is 8.49. The average Bonchev–Trinajstić information content (AvgIpc) is 2.70. The second-order valence-electron chi connectivity index (χ2n) is 4.59. The molecule has 1 aromatic heterocycles. The molecule has 1 atom stereocenters. The molecule has 0 aliphatic carbocycles. The van der Waals surface area contributed by atoms with Crippen LogP contribution in [0.5, 0.6) is 0 Å². The van der Waals surface area contributed by atoms with Gasteiger partial charge in [-0.05, 0) is 42.3 Å². The highest BCUT2D eigenvalue weighted by atomic mass is 79.9. The zero-order valence-corrected chi connectivity index (χ0v) is 12.2. The maximum atomic E-state index is 10.4. The van der Waals surface area contributed by atoms with Crippen molar-refractivity contribution in [3.63, 3.8) is 0 Å². The number of aliphatic hydroxyl groups excluding tert-OH is 1. The Bertz CT molecular complexity index is 551. The summed E-state index contributed by atoms with van der Waals surface area (Å²) < 4.78 is 2.23. The Morgan fingerprint density at radius 3 is 2.67 bits per heavy atom. The van der Waals surface area contributed by atoms with Gasteiger partial charge in [0.2, 0.25) is 4.73 Å². The lowest BCUT2D eigenvalue weighted by molar-refractivity contribution is 0.199. The predicted molar refractivity (Wildman–Crippen MR) is 73.3 cm³/mol. The van der Waals surface area contributed by atoms with Crippen molar-refractivity contribution in [2.45, 2.75) is 32.9 Å². The Labute approximate surface area is 115 Å². The summed E-state index contributed by atoms with van der Waals surface area (Å²) in [5, 5.41) is 14.7. The van der Waals surface area contributed by atoms with Crippen molar-refractivity contribution in [1.29, 1.82) is 0 Å². The lowest BCUT2D eigenvalue weighted by atomic mass is 10.1. The number of hydrogen-bond donors (Lipinski definition) is 1. The van der Waals surface area contributed by atoms with Gasteiger partial charge < -0.3 is 5.11 Å². The third kappa shape index (κ3) is 2.62. The van der Waals surface area contributed by atoms with Crippen molar-refractivity contribution in [3.8, 4) is 0 Å². The fourth-order valence-corrected chi connectivity index (χ4v) is 2.22. The lowest BCUT2D eigenvalue weighted by Gasteiger charge is -2.14. The van der Waals surface area contributed by atoms with Gasteiger partial charge >= 0.3 is 0 Å². The van der Waals surface area contributed by atoms with Gasteiger partial charge in [0.05, 0.1) is 0 Å². The first-order valence-corrected chi connectivity index (χ1v) is 6.65. The predicted octanol–water partition coefficient (Wildman–Crippen LogP) is 3.01. The molecule has 1 unspecified atom stereocenters. The molecule has 2 rings (SSSR count). The molecule has 0 fully saturated rings. The number of aryl methyl sites for hydroxylation is 1. The Kier molecular flexibility index (Phi) is 3.82. The molecule has 1 heterocycles. The van der Waals surface area contributed by atoms with Crippen LogP contribution in [0.15, 0.2) is 29.0 Å². The molecule has 1 aromatic carbocycles. The minimum Gasteiger partial charge on any atom is -0.380 e. The molecule has 0 saturated carbocycles. The summed E-state index contributed by atoms with van der Waals surface area (Å²) in [4.78, 5) is 4.26. The van der Waals surface area contributed by atoms with E-state index in [1.807, 2.05) is 45.0 Å². The van der Waals surface area contributed by atoms with Gasteiger partial charge in [0.15, 0.2) is 5.82 Å². The minimum absolute atomic E-state index is 0.151. The van der Waals surface area contributed by atoms with Gasteiger partial charge in [-0.1, -0.05) is 29.8 Å². The lowest BCUT2D eigenvalue weighted by Crippen LogP contribution is -2.13. The van der Waals surface area contributed by atoms with E-state index in [1.54, 1.807) is 4.68 Å². The molecule has 2 aromatic rings. The average molecular weight is 310 g/mol. The van der Waals surface area contributed by atoms with E-state index >= 15 is 0 Å². The molecule has 0 aliphatic heterocycles. The maximum absolute atomic E-state index is 10.4. The topological polar surface area (TPSA) is 50.9 Å². The van der Waals surface area contributed by atoms with Crippen molar-refractivity contribution in [2.75, 3.05) is 0 Å². The number of nitrogens with zero attached hydrogens (tertiary/aromatic N) is 3. The Balaban J connectivity index is 2.42. The van der Waals surface area contributed by atoms with Gasteiger partial charge in [-0.15, -0.1) is 5.10 Å². The van der Waals surface area contributed by atoms with Gasteiger partial charge in [-0.3, -0.25) is 0 Å². The molecule has 0 bridgehead atoms. The first kappa shape index (κ1) is 13.2. The summed E-state index contributed by atoms with van der Waals surface area (Å²) in [6, 6.07) is 7.93. The van der Waals surface area contributed by atoms with E-state index in [-0.39, 0.29) is 6.04 Å². The van der Waals surface area contributed by atoms with Crippen LogP contribution < -0.4 is 0 Å². The Morgan fingerprint density at radius 1 is 1.33 bits per heavy atom. The number of benzene rings is 1. The first-order valence-electron chi connectivity index (χ1n) is 5.85. The third-order valence-electron chi connectivity index (χ3n) is 2.72. The van der Waals surface area contributed by atoms with Crippen molar-refractivity contribution < 1.29 is 5.11 Å². The van der Waals surface area contributed by atoms with Gasteiger partial charge in [0.1, 0.15) is 6.10 Å². The largest absolute Gasteiger partial charge is 0.380 e. The summed E-state index contributed by atoms with van der Waals surface area (Å²) in [6.45, 7) is 6.01. The van der Waals surface area contributed by atoms with Gasteiger partial charge in [0.25, 0.3) is 0 Å². The van der Waals surface area contributed by atoms with Crippen molar-refractivity contribution in [1.82, 2.24) is 14.8 Å². The highest BCUT2D eigenvalue weighted by Gasteiger charge is 2.20. The fourth-order valence-electron chi connectivity index (χ4n) is 1.86. The monoisotopic (exact) mass is 309 g/mol. The SMILES string of the molecule is Cc1cccc(C(O)c2nc(Br)nn2C(C)C)c1. The summed E-state index contributed by atoms with van der Waals surface area (Å²) in [6.07, 6.45) is -0.758. The molecule has 4 nitrogen and oxygen atoms in total. The van der Waals surface area contributed by atoms with E-state index in [4.69, 9.17) is 0 Å². The molecule has 1 N–H and O–H groups in total. The standard InChI is InChI=1S/C13H16BrN3O/c1-8(2)17-12(15-13(14)16-17)11(18)10-6-4-5-9(3)7-10/h4-8,11,18H,1-3H3. The Hall–Kier alpha value is -1.20. The van der Waals surface area contributed by atoms with Crippen LogP contribution in [0.25, 0.3) is 0 Å². The second-order valence-corrected chi connectivity index (χ2v) is 5.30. The highest BCUT2D eigenvalue weighted by molar-refractivity contribution is 9.10. The van der Waals surface area contributed by atoms with Crippen LogP contribution in [0.2, 0.25) is 0 Å². The molecule has 0 radical (unpaired) electrons. The summed E-state index contributed by atoms with van der Waals surface area (Å²) in [5.41, 5.74) is 1.94. The van der Waals surface area contributed by atoms with E-state index in [9.17, 15) is 5.11 Å². The van der Waals surface area contributed by atoms with E-state index in [2.05, 4.69) is 26.0 Å². The number of rotatable bonds is 3. The third-order valence-corrected chi connectivity index (χ3v) is 3.06. The van der Waals surface area contributed by atoms with Crippen LogP contribution in [0.4, 0.5) is 0 Å². The van der Waals surface area contributed by atoms with Crippen LogP contribution in [0.1, 0.15) is 42.9 Å². The Morgan fingerprint density at radius 2 is 2.06 bits per heavy atom. The summed E-state index contributed by atoms with van der Waals surface area (Å²) in [5.74, 6) is 0.558. The van der Waals surface area contributed by atoms with Crippen LogP contribution in [-0.2, 0) is 0 Å². The number of halogens is 1. The molecule has 0 saturated heterocycles. The van der Waals surface area contributed by atoms with Crippen LogP contribution in [0, 0.1) is 6.92 Å². The van der Waals surface area contributed by atoms with E-state index < -0.39 is 6.10 Å². The molecule has 0 amide bonds. The normalized spacial score (nSPS) is 13.0. The smallest absolute Gasteiger partial charge is 0.217 e. The molecule has 0 spiro atoms. The second kappa shape index (κ2) is 5.20. The summed E-state index contributed by atoms with van der Waals surface area (Å²) >= 11 is 3.25. The molecule has 18 heavy (non-hydrogen) atoms. The van der Waals surface area contributed by atoms with Crippen LogP contribution in [0.3, 0.4) is 0 Å². The van der Waals surface area contributed by atoms with E-state index in [1.165, 1.54) is 0 Å². The number of hydrogen-bond acceptors (Lipinski definition) is 3. The number of aromatic nitrogens is 3. The van der Waals surface area contributed by atoms with Gasteiger partial charge in [0, 0.05) is 6.04 Å². The fraction of sp³-hybridized carbons (Fsp3) is 0.385. The number of aliphatic hydroxyl groups is 1.